The molecule has 6 heteroatoms. The number of nitrogens with zero attached hydrogens (tertiary/aromatic N) is 4. The van der Waals surface area contributed by atoms with Gasteiger partial charge < -0.3 is 4.57 Å². The molecule has 0 aliphatic carbocycles. The van der Waals surface area contributed by atoms with Crippen molar-refractivity contribution >= 4 is 34.1 Å². The predicted molar refractivity (Wildman–Crippen MR) is 77.7 cm³/mol. The highest BCUT2D eigenvalue weighted by molar-refractivity contribution is 7.09. The minimum Gasteiger partial charge on any atom is -0.304 e. The lowest BCUT2D eigenvalue weighted by molar-refractivity contribution is 0.731. The molecule has 0 saturated heterocycles. The van der Waals surface area contributed by atoms with E-state index < -0.39 is 0 Å². The summed E-state index contributed by atoms with van der Waals surface area (Å²) in [6, 6.07) is 3.95. The SMILES string of the molecule is Cc1ccc2nc(C(C)Cl)n(Cc3nccs3)c2n1. The Bertz CT molecular complexity index is 703. The Morgan fingerprint density at radius 2 is 2.21 bits per heavy atom. The van der Waals surface area contributed by atoms with E-state index in [1.165, 1.54) is 0 Å². The summed E-state index contributed by atoms with van der Waals surface area (Å²) in [7, 11) is 0. The van der Waals surface area contributed by atoms with E-state index in [2.05, 4.69) is 19.5 Å². The van der Waals surface area contributed by atoms with Crippen LogP contribution in [-0.4, -0.2) is 19.5 Å². The zero-order valence-corrected chi connectivity index (χ0v) is 12.2. The molecule has 3 aromatic rings. The molecule has 1 atom stereocenters. The monoisotopic (exact) mass is 292 g/mol. The van der Waals surface area contributed by atoms with Crippen LogP contribution in [0.1, 0.15) is 28.8 Å². The largest absolute Gasteiger partial charge is 0.304 e. The summed E-state index contributed by atoms with van der Waals surface area (Å²) in [6.45, 7) is 4.56. The van der Waals surface area contributed by atoms with Crippen LogP contribution >= 0.6 is 22.9 Å². The first-order valence-electron chi connectivity index (χ1n) is 6.01. The van der Waals surface area contributed by atoms with Gasteiger partial charge in [-0.05, 0) is 26.0 Å². The summed E-state index contributed by atoms with van der Waals surface area (Å²) in [5.74, 6) is 0.838. The second-order valence-electron chi connectivity index (χ2n) is 4.39. The van der Waals surface area contributed by atoms with Crippen molar-refractivity contribution in [2.24, 2.45) is 0 Å². The molecular weight excluding hydrogens is 280 g/mol. The molecule has 3 rings (SSSR count). The van der Waals surface area contributed by atoms with Gasteiger partial charge in [-0.1, -0.05) is 0 Å². The molecule has 0 aromatic carbocycles. The zero-order valence-electron chi connectivity index (χ0n) is 10.7. The van der Waals surface area contributed by atoms with Crippen molar-refractivity contribution in [3.8, 4) is 0 Å². The number of imidazole rings is 1. The van der Waals surface area contributed by atoms with Gasteiger partial charge in [0, 0.05) is 17.3 Å². The Morgan fingerprint density at radius 3 is 2.89 bits per heavy atom. The second-order valence-corrected chi connectivity index (χ2v) is 6.03. The molecule has 0 N–H and O–H groups in total. The van der Waals surface area contributed by atoms with Gasteiger partial charge in [-0.3, -0.25) is 0 Å². The van der Waals surface area contributed by atoms with Gasteiger partial charge in [0.2, 0.25) is 0 Å². The average Bonchev–Trinajstić information content (AvgIpc) is 2.98. The third-order valence-corrected chi connectivity index (χ3v) is 3.85. The van der Waals surface area contributed by atoms with Gasteiger partial charge >= 0.3 is 0 Å². The Hall–Kier alpha value is -1.46. The Morgan fingerprint density at radius 1 is 1.37 bits per heavy atom. The Labute approximate surface area is 120 Å². The molecule has 0 spiro atoms. The fourth-order valence-corrected chi connectivity index (χ4v) is 2.81. The molecule has 0 radical (unpaired) electrons. The highest BCUT2D eigenvalue weighted by atomic mass is 35.5. The standard InChI is InChI=1S/C13H13ClN4S/c1-8-3-4-10-13(16-8)18(12(17-10)9(2)14)7-11-15-5-6-19-11/h3-6,9H,7H2,1-2H3. The first-order valence-corrected chi connectivity index (χ1v) is 7.33. The number of thiazole rings is 1. The van der Waals surface area contributed by atoms with E-state index in [-0.39, 0.29) is 5.38 Å². The topological polar surface area (TPSA) is 43.6 Å². The molecular formula is C13H13ClN4S. The average molecular weight is 293 g/mol. The highest BCUT2D eigenvalue weighted by Gasteiger charge is 2.16. The third kappa shape index (κ3) is 2.35. The Kier molecular flexibility index (Phi) is 3.24. The van der Waals surface area contributed by atoms with Crippen molar-refractivity contribution in [2.75, 3.05) is 0 Å². The maximum absolute atomic E-state index is 6.23. The summed E-state index contributed by atoms with van der Waals surface area (Å²) in [5.41, 5.74) is 2.73. The lowest BCUT2D eigenvalue weighted by Crippen LogP contribution is -2.06. The summed E-state index contributed by atoms with van der Waals surface area (Å²) >= 11 is 7.86. The number of pyridine rings is 1. The van der Waals surface area contributed by atoms with Gasteiger partial charge in [0.15, 0.2) is 5.65 Å². The van der Waals surface area contributed by atoms with Crippen molar-refractivity contribution in [2.45, 2.75) is 25.8 Å². The fourth-order valence-electron chi connectivity index (χ4n) is 2.04. The normalized spacial score (nSPS) is 13.0. The van der Waals surface area contributed by atoms with Gasteiger partial charge in [-0.2, -0.15) is 0 Å². The minimum absolute atomic E-state index is 0.158. The molecule has 0 saturated carbocycles. The van der Waals surface area contributed by atoms with Crippen LogP contribution in [0.2, 0.25) is 0 Å². The van der Waals surface area contributed by atoms with Gasteiger partial charge in [-0.15, -0.1) is 22.9 Å². The predicted octanol–water partition coefficient (Wildman–Crippen LogP) is 3.54. The number of halogens is 1. The van der Waals surface area contributed by atoms with Gasteiger partial charge in [0.25, 0.3) is 0 Å². The quantitative estimate of drug-likeness (QED) is 0.694. The zero-order chi connectivity index (χ0) is 13.4. The number of aryl methyl sites for hydroxylation is 1. The summed E-state index contributed by atoms with van der Waals surface area (Å²) in [5, 5.41) is 2.84. The highest BCUT2D eigenvalue weighted by Crippen LogP contribution is 2.25. The maximum atomic E-state index is 6.23. The van der Waals surface area contributed by atoms with Crippen LogP contribution < -0.4 is 0 Å². The molecule has 0 bridgehead atoms. The lowest BCUT2D eigenvalue weighted by Gasteiger charge is -2.08. The lowest BCUT2D eigenvalue weighted by atomic mass is 10.3. The molecule has 0 fully saturated rings. The van der Waals surface area contributed by atoms with Crippen molar-refractivity contribution < 1.29 is 0 Å². The first kappa shape index (κ1) is 12.6. The Balaban J connectivity index is 2.18. The van der Waals surface area contributed by atoms with Crippen molar-refractivity contribution in [3.05, 3.63) is 40.2 Å². The second kappa shape index (κ2) is 4.90. The molecule has 0 amide bonds. The van der Waals surface area contributed by atoms with Crippen molar-refractivity contribution in [1.29, 1.82) is 0 Å². The summed E-state index contributed by atoms with van der Waals surface area (Å²) in [6.07, 6.45) is 1.81. The fraction of sp³-hybridized carbons (Fsp3) is 0.308. The van der Waals surface area contributed by atoms with Gasteiger partial charge in [0.05, 0.1) is 11.9 Å². The number of hydrogen-bond donors (Lipinski definition) is 0. The van der Waals surface area contributed by atoms with E-state index in [0.717, 1.165) is 27.7 Å². The number of rotatable bonds is 3. The van der Waals surface area contributed by atoms with Crippen LogP contribution in [0.5, 0.6) is 0 Å². The van der Waals surface area contributed by atoms with E-state index in [1.54, 1.807) is 11.3 Å². The van der Waals surface area contributed by atoms with Crippen LogP contribution in [0.3, 0.4) is 0 Å². The maximum Gasteiger partial charge on any atom is 0.160 e. The molecule has 4 nitrogen and oxygen atoms in total. The first-order chi connectivity index (χ1) is 9.15. The van der Waals surface area contributed by atoms with Gasteiger partial charge in [0.1, 0.15) is 16.3 Å². The van der Waals surface area contributed by atoms with Crippen LogP contribution in [0, 0.1) is 6.92 Å². The smallest absolute Gasteiger partial charge is 0.160 e. The van der Waals surface area contributed by atoms with E-state index in [0.29, 0.717) is 6.54 Å². The van der Waals surface area contributed by atoms with E-state index in [1.807, 2.05) is 37.6 Å². The van der Waals surface area contributed by atoms with E-state index >= 15 is 0 Å². The van der Waals surface area contributed by atoms with Crippen LogP contribution in [0.15, 0.2) is 23.7 Å². The van der Waals surface area contributed by atoms with Crippen molar-refractivity contribution in [1.82, 2.24) is 19.5 Å². The number of aromatic nitrogens is 4. The summed E-state index contributed by atoms with van der Waals surface area (Å²) in [4.78, 5) is 13.5. The van der Waals surface area contributed by atoms with Crippen LogP contribution in [0.25, 0.3) is 11.2 Å². The molecule has 0 aliphatic heterocycles. The molecule has 1 unspecified atom stereocenters. The minimum atomic E-state index is -0.158. The van der Waals surface area contributed by atoms with E-state index in [4.69, 9.17) is 11.6 Å². The molecule has 3 heterocycles. The molecule has 3 aromatic heterocycles. The van der Waals surface area contributed by atoms with Crippen LogP contribution in [-0.2, 0) is 6.54 Å². The molecule has 98 valence electrons. The summed E-state index contributed by atoms with van der Waals surface area (Å²) < 4.78 is 2.05. The number of alkyl halides is 1. The van der Waals surface area contributed by atoms with E-state index in [9.17, 15) is 0 Å². The number of hydrogen-bond acceptors (Lipinski definition) is 4. The third-order valence-electron chi connectivity index (χ3n) is 2.89. The van der Waals surface area contributed by atoms with Gasteiger partial charge in [-0.25, -0.2) is 15.0 Å². The molecule has 0 aliphatic rings. The number of fused-ring (bicyclic) bond motifs is 1. The van der Waals surface area contributed by atoms with Crippen LogP contribution in [0.4, 0.5) is 0 Å². The van der Waals surface area contributed by atoms with Crippen molar-refractivity contribution in [3.63, 3.8) is 0 Å². The molecule has 19 heavy (non-hydrogen) atoms.